The van der Waals surface area contributed by atoms with Gasteiger partial charge < -0.3 is 10.0 Å². The maximum absolute atomic E-state index is 12.7. The summed E-state index contributed by atoms with van der Waals surface area (Å²) in [5.74, 6) is 1.47. The fraction of sp³-hybridized carbons (Fsp3) is 0.364. The smallest absolute Gasteiger partial charge is 0.417 e. The molecule has 0 aliphatic carbocycles. The van der Waals surface area contributed by atoms with Crippen LogP contribution in [-0.4, -0.2) is 36.9 Å². The number of alkyl halides is 3. The molecule has 0 radical (unpaired) electrons. The number of imidazole rings is 1. The van der Waals surface area contributed by atoms with Crippen molar-refractivity contribution >= 4 is 40.2 Å². The van der Waals surface area contributed by atoms with E-state index in [9.17, 15) is 23.1 Å². The van der Waals surface area contributed by atoms with Gasteiger partial charge in [-0.2, -0.15) is 18.4 Å². The first-order chi connectivity index (χ1) is 21.0. The molecule has 0 amide bonds. The Morgan fingerprint density at radius 2 is 1.84 bits per heavy atom. The number of aromatic hydroxyl groups is 1. The first kappa shape index (κ1) is 35.0. The van der Waals surface area contributed by atoms with Gasteiger partial charge in [0.25, 0.3) is 0 Å². The van der Waals surface area contributed by atoms with E-state index in [-0.39, 0.29) is 17.1 Å². The summed E-state index contributed by atoms with van der Waals surface area (Å²) in [5.41, 5.74) is 5.20. The molecule has 45 heavy (non-hydrogen) atoms. The summed E-state index contributed by atoms with van der Waals surface area (Å²) in [6.45, 7) is 17.0. The zero-order chi connectivity index (χ0) is 33.9. The Balaban J connectivity index is 0.000000355. The Bertz CT molecular complexity index is 1720. The SMILES string of the molecule is C=C1N=C(c2cc(N(C(C)=S)C(C)(C)C(=O)CC)ccc2O)Nn2c(CCC)nc(C)c21.Cc1ccc(C#N)c(C(F)(F)F)c1. The number of thiocarbonyl (C=S) groups is 1. The minimum atomic E-state index is -4.45. The number of aryl methyl sites for hydroxylation is 3. The average molecular weight is 639 g/mol. The minimum Gasteiger partial charge on any atom is -0.507 e. The van der Waals surface area contributed by atoms with Crippen LogP contribution in [0.15, 0.2) is 48.0 Å². The molecule has 1 aliphatic heterocycles. The summed E-state index contributed by atoms with van der Waals surface area (Å²) >= 11 is 5.51. The number of phenols is 1. The largest absolute Gasteiger partial charge is 0.507 e. The van der Waals surface area contributed by atoms with Gasteiger partial charge in [-0.25, -0.2) is 14.7 Å². The Morgan fingerprint density at radius 3 is 2.40 bits per heavy atom. The molecule has 12 heteroatoms. The van der Waals surface area contributed by atoms with Gasteiger partial charge in [-0.15, -0.1) is 0 Å². The van der Waals surface area contributed by atoms with E-state index in [2.05, 4.69) is 28.9 Å². The molecular formula is C33H37F3N6O2S. The lowest BCUT2D eigenvalue weighted by Gasteiger charge is -2.38. The van der Waals surface area contributed by atoms with Crippen LogP contribution in [0.4, 0.5) is 18.9 Å². The zero-order valence-electron chi connectivity index (χ0n) is 26.4. The van der Waals surface area contributed by atoms with Gasteiger partial charge in [0.2, 0.25) is 0 Å². The van der Waals surface area contributed by atoms with Crippen LogP contribution in [0.2, 0.25) is 0 Å². The lowest BCUT2D eigenvalue weighted by Crippen LogP contribution is -2.52. The van der Waals surface area contributed by atoms with Gasteiger partial charge >= 0.3 is 6.18 Å². The number of ketones is 1. The first-order valence-electron chi connectivity index (χ1n) is 14.4. The number of carbonyl (C=O) groups is 1. The van der Waals surface area contributed by atoms with Crippen molar-refractivity contribution in [3.63, 3.8) is 0 Å². The van der Waals surface area contributed by atoms with E-state index >= 15 is 0 Å². The summed E-state index contributed by atoms with van der Waals surface area (Å²) in [4.78, 5) is 24.3. The Labute approximate surface area is 266 Å². The van der Waals surface area contributed by atoms with Crippen molar-refractivity contribution in [2.75, 3.05) is 10.3 Å². The molecule has 0 unspecified atom stereocenters. The predicted molar refractivity (Wildman–Crippen MR) is 175 cm³/mol. The van der Waals surface area contributed by atoms with E-state index in [1.807, 2.05) is 37.3 Å². The van der Waals surface area contributed by atoms with Crippen LogP contribution in [0.3, 0.4) is 0 Å². The quantitative estimate of drug-likeness (QED) is 0.257. The van der Waals surface area contributed by atoms with E-state index in [0.717, 1.165) is 36.1 Å². The second-order valence-electron chi connectivity index (χ2n) is 11.1. The number of rotatable bonds is 7. The second-order valence-corrected chi connectivity index (χ2v) is 11.7. The Hall–Kier alpha value is -4.50. The van der Waals surface area contributed by atoms with Gasteiger partial charge in [-0.3, -0.25) is 10.2 Å². The molecule has 2 heterocycles. The van der Waals surface area contributed by atoms with Gasteiger partial charge in [-0.05, 0) is 71.4 Å². The van der Waals surface area contributed by atoms with Crippen LogP contribution in [0.5, 0.6) is 5.75 Å². The van der Waals surface area contributed by atoms with Crippen molar-refractivity contribution in [2.24, 2.45) is 4.99 Å². The number of nitrogens with one attached hydrogen (secondary N) is 1. The molecule has 0 fully saturated rings. The summed E-state index contributed by atoms with van der Waals surface area (Å²) in [7, 11) is 0. The molecule has 238 valence electrons. The molecule has 0 spiro atoms. The van der Waals surface area contributed by atoms with Crippen molar-refractivity contribution in [3.05, 3.63) is 82.4 Å². The van der Waals surface area contributed by atoms with Crippen molar-refractivity contribution < 1.29 is 23.1 Å². The van der Waals surface area contributed by atoms with Crippen LogP contribution in [0.1, 0.15) is 86.9 Å². The number of nitrogens with zero attached hydrogens (tertiary/aromatic N) is 5. The molecule has 3 aromatic rings. The van der Waals surface area contributed by atoms with Gasteiger partial charge in [0.1, 0.15) is 17.3 Å². The number of carbonyl (C=O) groups excluding carboxylic acids is 1. The fourth-order valence-corrected chi connectivity index (χ4v) is 5.51. The monoisotopic (exact) mass is 638 g/mol. The van der Waals surface area contributed by atoms with Gasteiger partial charge in [0.15, 0.2) is 11.6 Å². The highest BCUT2D eigenvalue weighted by molar-refractivity contribution is 7.80. The molecule has 0 atom stereocenters. The number of anilines is 1. The Morgan fingerprint density at radius 1 is 1.18 bits per heavy atom. The van der Waals surface area contributed by atoms with Crippen LogP contribution in [0.25, 0.3) is 5.70 Å². The number of hydrogen-bond acceptors (Lipinski definition) is 7. The van der Waals surface area contributed by atoms with Gasteiger partial charge in [0, 0.05) is 18.5 Å². The Kier molecular flexibility index (Phi) is 10.6. The number of fused-ring (bicyclic) bond motifs is 1. The number of aromatic nitrogens is 2. The average Bonchev–Trinajstić information content (AvgIpc) is 3.28. The summed E-state index contributed by atoms with van der Waals surface area (Å²) in [6, 6.07) is 10.3. The summed E-state index contributed by atoms with van der Waals surface area (Å²) < 4.78 is 38.7. The molecule has 2 aromatic carbocycles. The van der Waals surface area contributed by atoms with E-state index in [4.69, 9.17) is 17.5 Å². The third-order valence-corrected chi connectivity index (χ3v) is 7.49. The number of amidine groups is 1. The fourth-order valence-electron chi connectivity index (χ4n) is 5.17. The van der Waals surface area contributed by atoms with Gasteiger partial charge in [-0.1, -0.05) is 44.3 Å². The molecule has 0 saturated heterocycles. The van der Waals surface area contributed by atoms with Crippen molar-refractivity contribution in [1.82, 2.24) is 9.66 Å². The van der Waals surface area contributed by atoms with E-state index in [0.29, 0.717) is 39.8 Å². The highest BCUT2D eigenvalue weighted by Gasteiger charge is 2.36. The molecule has 8 nitrogen and oxygen atoms in total. The highest BCUT2D eigenvalue weighted by atomic mass is 32.1. The number of aliphatic imine (C=N–C) groups is 1. The number of phenolic OH excluding ortho intramolecular Hbond substituents is 1. The van der Waals surface area contributed by atoms with Crippen LogP contribution in [-0.2, 0) is 17.4 Å². The van der Waals surface area contributed by atoms with Crippen LogP contribution in [0, 0.1) is 25.2 Å². The van der Waals surface area contributed by atoms with Crippen molar-refractivity contribution in [2.45, 2.75) is 79.4 Å². The van der Waals surface area contributed by atoms with E-state index < -0.39 is 17.3 Å². The number of halogens is 3. The zero-order valence-corrected chi connectivity index (χ0v) is 27.2. The standard InChI is InChI=1S/C24H31N5O2S.C9H6F3N/c1-8-10-21-25-14(3)22-15(4)26-23(27-29(21)22)18-13-17(11-12-19(18)30)28(16(5)32)24(6,7)20(31)9-2;1-6-2-3-7(5-13)8(4-6)9(10,11)12/h11-13,30H,4,8-10H2,1-3,5-7H3,(H,26,27);2-4H,1H3. The lowest BCUT2D eigenvalue weighted by molar-refractivity contribution is -0.137. The first-order valence-corrected chi connectivity index (χ1v) is 14.8. The molecule has 0 saturated carbocycles. The lowest BCUT2D eigenvalue weighted by atomic mass is 9.93. The minimum absolute atomic E-state index is 0.0618. The normalized spacial score (nSPS) is 12.6. The predicted octanol–water partition coefficient (Wildman–Crippen LogP) is 7.62. The van der Waals surface area contributed by atoms with E-state index in [1.54, 1.807) is 32.0 Å². The summed E-state index contributed by atoms with van der Waals surface area (Å²) in [6.07, 6.45) is -2.31. The number of hydrogen-bond donors (Lipinski definition) is 2. The molecule has 1 aromatic heterocycles. The van der Waals surface area contributed by atoms with Crippen LogP contribution < -0.4 is 10.3 Å². The van der Waals surface area contributed by atoms with Crippen molar-refractivity contribution in [3.8, 4) is 11.8 Å². The van der Waals surface area contributed by atoms with E-state index in [1.165, 1.54) is 18.2 Å². The summed E-state index contributed by atoms with van der Waals surface area (Å²) in [5, 5.41) is 19.1. The highest BCUT2D eigenvalue weighted by Crippen LogP contribution is 2.34. The maximum Gasteiger partial charge on any atom is 0.417 e. The molecular weight excluding hydrogens is 601 g/mol. The number of nitriles is 1. The topological polar surface area (TPSA) is 107 Å². The number of benzene rings is 2. The van der Waals surface area contributed by atoms with Crippen molar-refractivity contribution in [1.29, 1.82) is 5.26 Å². The third kappa shape index (κ3) is 7.42. The molecule has 1 aliphatic rings. The molecule has 0 bridgehead atoms. The molecule has 4 rings (SSSR count). The maximum atomic E-state index is 12.7. The molecule has 2 N–H and O–H groups in total. The van der Waals surface area contributed by atoms with Crippen LogP contribution >= 0.6 is 12.2 Å². The second kappa shape index (κ2) is 13.6. The number of Topliss-reactive ketones (excluding diaryl/α,β-unsaturated/α-hetero) is 1. The van der Waals surface area contributed by atoms with Gasteiger partial charge in [0.05, 0.1) is 44.7 Å². The third-order valence-electron chi connectivity index (χ3n) is 7.30.